The van der Waals surface area contributed by atoms with Gasteiger partial charge in [-0.25, -0.2) is 0 Å². The van der Waals surface area contributed by atoms with E-state index in [0.29, 0.717) is 6.61 Å². The van der Waals surface area contributed by atoms with Crippen LogP contribution in [-0.4, -0.2) is 133 Å². The number of benzene rings is 7. The van der Waals surface area contributed by atoms with Gasteiger partial charge in [0.1, 0.15) is 67.1 Å². The van der Waals surface area contributed by atoms with Crippen molar-refractivity contribution < 1.29 is 76.5 Å². The average Bonchev–Trinajstić information content (AvgIpc) is 0.839. The summed E-state index contributed by atoms with van der Waals surface area (Å²) in [7, 11) is 0. The summed E-state index contributed by atoms with van der Waals surface area (Å²) in [5.41, 5.74) is 6.64. The summed E-state index contributed by atoms with van der Waals surface area (Å²) in [6, 6.07) is 69.3. The van der Waals surface area contributed by atoms with E-state index in [4.69, 9.17) is 66.3 Å². The predicted octanol–water partition coefficient (Wildman–Crippen LogP) is 11.3. The Morgan fingerprint density at radius 1 is 0.275 bits per heavy atom. The summed E-state index contributed by atoms with van der Waals surface area (Å²) in [6.45, 7) is 11.3. The van der Waals surface area contributed by atoms with Crippen molar-refractivity contribution in [3.05, 3.63) is 251 Å². The van der Waals surface area contributed by atoms with Crippen LogP contribution in [0.5, 0.6) is 0 Å². The summed E-state index contributed by atoms with van der Waals surface area (Å²) >= 11 is 0. The lowest BCUT2D eigenvalue weighted by Crippen LogP contribution is -2.67. The minimum atomic E-state index is -1.56. The lowest BCUT2D eigenvalue weighted by Gasteiger charge is -2.51. The average molecular weight is 1250 g/mol. The summed E-state index contributed by atoms with van der Waals surface area (Å²) in [5, 5.41) is 25.5. The van der Waals surface area contributed by atoms with Gasteiger partial charge in [-0.1, -0.05) is 219 Å². The van der Waals surface area contributed by atoms with Crippen LogP contribution in [0.25, 0.3) is 0 Å². The number of hydrogen-bond acceptors (Lipinski definition) is 16. The first-order chi connectivity index (χ1) is 44.5. The molecule has 4 fully saturated rings. The van der Waals surface area contributed by atoms with Crippen molar-refractivity contribution in [1.29, 1.82) is 0 Å². The molecule has 91 heavy (non-hydrogen) atoms. The molecule has 11 rings (SSSR count). The molecule has 4 aliphatic heterocycles. The lowest BCUT2D eigenvalue weighted by atomic mass is 9.91. The fraction of sp³-hybridized carbons (Fsp3) is 0.440. The van der Waals surface area contributed by atoms with E-state index in [0.717, 1.165) is 38.9 Å². The molecule has 4 heterocycles. The van der Waals surface area contributed by atoms with Crippen molar-refractivity contribution in [1.82, 2.24) is 0 Å². The summed E-state index contributed by atoms with van der Waals surface area (Å²) < 4.78 is 96.9. The van der Waals surface area contributed by atoms with Crippen molar-refractivity contribution in [2.24, 2.45) is 5.92 Å². The first-order valence-corrected chi connectivity index (χ1v) is 32.0. The minimum absolute atomic E-state index is 0.120. The van der Waals surface area contributed by atoms with Gasteiger partial charge in [-0.05, 0) is 66.6 Å². The lowest BCUT2D eigenvalue weighted by molar-refractivity contribution is -0.396. The molecule has 7 aromatic rings. The second kappa shape index (κ2) is 33.1. The first kappa shape index (κ1) is 66.4. The molecule has 0 saturated carbocycles. The Hall–Kier alpha value is -6.10. The molecular formula is C75H88O16. The Bertz CT molecular complexity index is 3160. The van der Waals surface area contributed by atoms with E-state index in [9.17, 15) is 10.2 Å². The highest BCUT2D eigenvalue weighted by Crippen LogP contribution is 2.40. The molecule has 16 heteroatoms. The zero-order chi connectivity index (χ0) is 62.9. The zero-order valence-electron chi connectivity index (χ0n) is 52.5. The fourth-order valence-electron chi connectivity index (χ4n) is 12.5. The van der Waals surface area contributed by atoms with Crippen molar-refractivity contribution in [2.75, 3.05) is 6.61 Å². The van der Waals surface area contributed by atoms with E-state index in [-0.39, 0.29) is 46.2 Å². The van der Waals surface area contributed by atoms with Crippen LogP contribution >= 0.6 is 0 Å². The fourth-order valence-corrected chi connectivity index (χ4v) is 12.5. The highest BCUT2D eigenvalue weighted by molar-refractivity contribution is 5.19. The van der Waals surface area contributed by atoms with Gasteiger partial charge in [0.15, 0.2) is 18.9 Å². The van der Waals surface area contributed by atoms with E-state index in [1.165, 1.54) is 0 Å². The molecule has 4 aliphatic rings. The van der Waals surface area contributed by atoms with E-state index in [1.54, 1.807) is 6.92 Å². The van der Waals surface area contributed by atoms with Gasteiger partial charge in [0.05, 0.1) is 83.4 Å². The molecule has 484 valence electrons. The highest BCUT2D eigenvalue weighted by atomic mass is 16.8. The molecule has 8 unspecified atom stereocenters. The standard InChI is InChI=1S/C75H88O16/c1-49-64(79-42-55-29-15-7-16-30-55)68(83-46-59-37-23-11-24-38-59)61(48-78-41-54-27-13-6-14-28-54)88-73(49)89-70-63(77)74(86-52(4)66(70)81-44-57-33-19-9-20-34-57)91-72-71(84-47-60-39-25-12-26-40-60)67(82-45-58-35-21-10-22-36-58)53(5)87-75(72)90-69-62(76)50(2)85-51(3)65(69)80-43-56-31-17-8-18-32-56/h6-40,49-53,61-77H,41-48H2,1-5H3/t49?,50-,51?,52?,53?,61-,62?,63?,64?,65-,66-,67-,68+,69+,70+,71-,72?,73+,74-,75-/m0/s1. The molecule has 4 saturated heterocycles. The quantitative estimate of drug-likeness (QED) is 0.0474. The van der Waals surface area contributed by atoms with Crippen LogP contribution in [-0.2, 0) is 113 Å². The zero-order valence-corrected chi connectivity index (χ0v) is 52.5. The number of aliphatic hydroxyl groups excluding tert-OH is 2. The molecule has 0 radical (unpaired) electrons. The Kier molecular flexibility index (Phi) is 24.2. The molecular weight excluding hydrogens is 1160 g/mol. The SMILES string of the molecule is CC1C(OCc2ccccc2)[C@H](OCc2ccccc2)[C@H](COCc2ccccc2)O[C@@H]1O[C@@H]1C(O)[C@H](OC2[C@H](O[C@@H]3C(O)[C@H](C)OC(C)[C@@H]3OCc3ccccc3)OC(C)[C@H](OCc3ccccc3)[C@@H]2OCc2ccccc2)OC(C)[C@@H]1OCc1ccccc1. The third-order valence-electron chi connectivity index (χ3n) is 17.4. The molecule has 0 amide bonds. The van der Waals surface area contributed by atoms with Gasteiger partial charge in [0, 0.05) is 5.92 Å². The van der Waals surface area contributed by atoms with Crippen molar-refractivity contribution >= 4 is 0 Å². The molecule has 20 atom stereocenters. The first-order valence-electron chi connectivity index (χ1n) is 32.0. The van der Waals surface area contributed by atoms with Crippen LogP contribution in [0.4, 0.5) is 0 Å². The van der Waals surface area contributed by atoms with Gasteiger partial charge in [-0.15, -0.1) is 0 Å². The molecule has 2 N–H and O–H groups in total. The normalized spacial score (nSPS) is 31.9. The topological polar surface area (TPSA) is 170 Å². The molecule has 0 bridgehead atoms. The third kappa shape index (κ3) is 17.8. The van der Waals surface area contributed by atoms with Crippen molar-refractivity contribution in [3.8, 4) is 0 Å². The molecule has 0 spiro atoms. The van der Waals surface area contributed by atoms with Gasteiger partial charge >= 0.3 is 0 Å². The minimum Gasteiger partial charge on any atom is -0.388 e. The molecule has 16 nitrogen and oxygen atoms in total. The Morgan fingerprint density at radius 3 is 1.00 bits per heavy atom. The summed E-state index contributed by atoms with van der Waals surface area (Å²) in [4.78, 5) is 0. The van der Waals surface area contributed by atoms with Gasteiger partial charge < -0.3 is 76.5 Å². The molecule has 0 aromatic heterocycles. The van der Waals surface area contributed by atoms with Crippen molar-refractivity contribution in [3.63, 3.8) is 0 Å². The number of aliphatic hydroxyl groups is 2. The maximum atomic E-state index is 13.4. The molecule has 0 aliphatic carbocycles. The predicted molar refractivity (Wildman–Crippen MR) is 339 cm³/mol. The monoisotopic (exact) mass is 1240 g/mol. The molecule has 7 aromatic carbocycles. The summed E-state index contributed by atoms with van der Waals surface area (Å²) in [6.07, 6.45) is -17.8. The Morgan fingerprint density at radius 2 is 0.582 bits per heavy atom. The third-order valence-corrected chi connectivity index (χ3v) is 17.4. The van der Waals surface area contributed by atoms with Crippen LogP contribution in [0.1, 0.15) is 73.6 Å². The number of ether oxygens (including phenoxy) is 14. The van der Waals surface area contributed by atoms with Crippen LogP contribution in [0.15, 0.2) is 212 Å². The maximum absolute atomic E-state index is 13.4. The smallest absolute Gasteiger partial charge is 0.187 e. The Labute approximate surface area is 535 Å². The van der Waals surface area contributed by atoms with Crippen molar-refractivity contribution in [2.45, 2.75) is 197 Å². The number of hydrogen-bond donors (Lipinski definition) is 2. The van der Waals surface area contributed by atoms with Gasteiger partial charge in [0.2, 0.25) is 0 Å². The second-order valence-electron chi connectivity index (χ2n) is 24.2. The second-order valence-corrected chi connectivity index (χ2v) is 24.2. The van der Waals surface area contributed by atoms with Gasteiger partial charge in [-0.3, -0.25) is 0 Å². The maximum Gasteiger partial charge on any atom is 0.187 e. The van der Waals surface area contributed by atoms with Crippen LogP contribution in [0.2, 0.25) is 0 Å². The van der Waals surface area contributed by atoms with Gasteiger partial charge in [-0.2, -0.15) is 0 Å². The van der Waals surface area contributed by atoms with E-state index >= 15 is 0 Å². The van der Waals surface area contributed by atoms with Crippen LogP contribution in [0.3, 0.4) is 0 Å². The largest absolute Gasteiger partial charge is 0.388 e. The van der Waals surface area contributed by atoms with Crippen LogP contribution < -0.4 is 0 Å². The van der Waals surface area contributed by atoms with E-state index in [1.807, 2.05) is 240 Å². The Balaban J connectivity index is 0.943. The summed E-state index contributed by atoms with van der Waals surface area (Å²) in [5.74, 6) is -0.508. The number of rotatable bonds is 28. The van der Waals surface area contributed by atoms with E-state index < -0.39 is 122 Å². The van der Waals surface area contributed by atoms with Gasteiger partial charge in [0.25, 0.3) is 0 Å². The van der Waals surface area contributed by atoms with Crippen LogP contribution in [0, 0.1) is 5.92 Å². The van der Waals surface area contributed by atoms with E-state index in [2.05, 4.69) is 0 Å². The highest BCUT2D eigenvalue weighted by Gasteiger charge is 2.56.